The molecule has 1 aromatic carbocycles. The Morgan fingerprint density at radius 3 is 2.70 bits per heavy atom. The van der Waals surface area contributed by atoms with Crippen molar-refractivity contribution < 1.29 is 24.2 Å². The first-order valence-electron chi connectivity index (χ1n) is 7.91. The smallest absolute Gasteiger partial charge is 0.410 e. The number of rotatable bonds is 4. The van der Waals surface area contributed by atoms with Gasteiger partial charge in [0.1, 0.15) is 6.61 Å². The molecule has 3 atom stereocenters. The Balaban J connectivity index is 1.59. The average Bonchev–Trinajstić information content (AvgIpc) is 3.22. The highest BCUT2D eigenvalue weighted by Gasteiger charge is 2.44. The predicted molar refractivity (Wildman–Crippen MR) is 81.7 cm³/mol. The minimum Gasteiger partial charge on any atom is -0.481 e. The summed E-state index contributed by atoms with van der Waals surface area (Å²) in [5.74, 6) is -1.23. The van der Waals surface area contributed by atoms with E-state index in [-0.39, 0.29) is 25.0 Å². The number of carboxylic acids is 1. The SMILES string of the molecule is O=C(O)[C@@H]1CN(C(=O)OCc2ccccc2)C[C@H]1C1CCOC1. The monoisotopic (exact) mass is 319 g/mol. The second-order valence-corrected chi connectivity index (χ2v) is 6.18. The lowest BCUT2D eigenvalue weighted by atomic mass is 9.83. The quantitative estimate of drug-likeness (QED) is 0.918. The number of amides is 1. The van der Waals surface area contributed by atoms with Gasteiger partial charge in [0.05, 0.1) is 5.92 Å². The third-order valence-electron chi connectivity index (χ3n) is 4.72. The van der Waals surface area contributed by atoms with Crippen molar-refractivity contribution in [3.05, 3.63) is 35.9 Å². The van der Waals surface area contributed by atoms with Gasteiger partial charge in [-0.1, -0.05) is 30.3 Å². The number of aliphatic carboxylic acids is 1. The lowest BCUT2D eigenvalue weighted by Crippen LogP contribution is -2.30. The van der Waals surface area contributed by atoms with Crippen LogP contribution in [0, 0.1) is 17.8 Å². The Morgan fingerprint density at radius 2 is 2.04 bits per heavy atom. The molecule has 0 aromatic heterocycles. The van der Waals surface area contributed by atoms with Gasteiger partial charge in [-0.25, -0.2) is 4.79 Å². The third kappa shape index (κ3) is 3.64. The molecule has 1 unspecified atom stereocenters. The molecular formula is C17H21NO5. The Morgan fingerprint density at radius 1 is 1.26 bits per heavy atom. The van der Waals surface area contributed by atoms with Gasteiger partial charge in [-0.3, -0.25) is 4.79 Å². The van der Waals surface area contributed by atoms with Crippen LogP contribution in [-0.2, 0) is 20.9 Å². The number of hydrogen-bond acceptors (Lipinski definition) is 4. The molecule has 124 valence electrons. The molecule has 2 heterocycles. The first-order valence-corrected chi connectivity index (χ1v) is 7.91. The molecule has 0 saturated carbocycles. The number of hydrogen-bond donors (Lipinski definition) is 1. The van der Waals surface area contributed by atoms with Crippen molar-refractivity contribution in [1.29, 1.82) is 0 Å². The second kappa shape index (κ2) is 7.00. The summed E-state index contributed by atoms with van der Waals surface area (Å²) in [7, 11) is 0. The van der Waals surface area contributed by atoms with E-state index in [2.05, 4.69) is 0 Å². The number of carbonyl (C=O) groups excluding carboxylic acids is 1. The van der Waals surface area contributed by atoms with Crippen LogP contribution in [0.15, 0.2) is 30.3 Å². The molecule has 6 nitrogen and oxygen atoms in total. The minimum absolute atomic E-state index is 0.0562. The van der Waals surface area contributed by atoms with Crippen molar-refractivity contribution in [2.45, 2.75) is 13.0 Å². The van der Waals surface area contributed by atoms with Gasteiger partial charge in [0.2, 0.25) is 0 Å². The highest BCUT2D eigenvalue weighted by atomic mass is 16.6. The van der Waals surface area contributed by atoms with E-state index in [0.717, 1.165) is 12.0 Å². The Kier molecular flexibility index (Phi) is 4.81. The number of benzene rings is 1. The fourth-order valence-corrected chi connectivity index (χ4v) is 3.42. The van der Waals surface area contributed by atoms with Crippen molar-refractivity contribution in [2.75, 3.05) is 26.3 Å². The van der Waals surface area contributed by atoms with E-state index in [1.54, 1.807) is 0 Å². The maximum absolute atomic E-state index is 12.2. The molecule has 3 rings (SSSR count). The third-order valence-corrected chi connectivity index (χ3v) is 4.72. The zero-order chi connectivity index (χ0) is 16.2. The number of ether oxygens (including phenoxy) is 2. The summed E-state index contributed by atoms with van der Waals surface area (Å²) in [4.78, 5) is 25.2. The summed E-state index contributed by atoms with van der Waals surface area (Å²) in [6.07, 6.45) is 0.419. The molecule has 1 aromatic rings. The van der Waals surface area contributed by atoms with Crippen LogP contribution in [0.25, 0.3) is 0 Å². The lowest BCUT2D eigenvalue weighted by Gasteiger charge is -2.20. The fraction of sp³-hybridized carbons (Fsp3) is 0.529. The summed E-state index contributed by atoms with van der Waals surface area (Å²) in [6.45, 7) is 2.10. The van der Waals surface area contributed by atoms with Crippen LogP contribution in [0.3, 0.4) is 0 Å². The molecule has 6 heteroatoms. The average molecular weight is 319 g/mol. The molecule has 0 spiro atoms. The molecule has 1 N–H and O–H groups in total. The molecule has 1 amide bonds. The van der Waals surface area contributed by atoms with Crippen molar-refractivity contribution >= 4 is 12.1 Å². The Labute approximate surface area is 135 Å². The van der Waals surface area contributed by atoms with Gasteiger partial charge in [0, 0.05) is 26.3 Å². The highest BCUT2D eigenvalue weighted by molar-refractivity contribution is 5.74. The van der Waals surface area contributed by atoms with E-state index in [9.17, 15) is 14.7 Å². The van der Waals surface area contributed by atoms with Gasteiger partial charge in [-0.2, -0.15) is 0 Å². The van der Waals surface area contributed by atoms with Gasteiger partial charge in [-0.15, -0.1) is 0 Å². The van der Waals surface area contributed by atoms with E-state index in [0.29, 0.717) is 19.8 Å². The maximum Gasteiger partial charge on any atom is 0.410 e. The van der Waals surface area contributed by atoms with Crippen molar-refractivity contribution in [3.63, 3.8) is 0 Å². The van der Waals surface area contributed by atoms with Crippen molar-refractivity contribution in [3.8, 4) is 0 Å². The van der Waals surface area contributed by atoms with E-state index in [1.807, 2.05) is 30.3 Å². The first kappa shape index (κ1) is 15.8. The fourth-order valence-electron chi connectivity index (χ4n) is 3.42. The molecule has 2 saturated heterocycles. The van der Waals surface area contributed by atoms with Crippen LogP contribution < -0.4 is 0 Å². The number of nitrogens with zero attached hydrogens (tertiary/aromatic N) is 1. The zero-order valence-electron chi connectivity index (χ0n) is 12.9. The summed E-state index contributed by atoms with van der Waals surface area (Å²) in [5, 5.41) is 9.43. The number of likely N-dealkylation sites (tertiary alicyclic amines) is 1. The van der Waals surface area contributed by atoms with Crippen molar-refractivity contribution in [2.24, 2.45) is 17.8 Å². The Hall–Kier alpha value is -2.08. The number of carboxylic acid groups (broad SMARTS) is 1. The Bertz CT molecular complexity index is 555. The van der Waals surface area contributed by atoms with Crippen LogP contribution in [0.2, 0.25) is 0 Å². The van der Waals surface area contributed by atoms with Crippen LogP contribution in [0.4, 0.5) is 4.79 Å². The molecule has 0 radical (unpaired) electrons. The normalized spacial score (nSPS) is 27.1. The molecule has 2 aliphatic rings. The maximum atomic E-state index is 12.2. The van der Waals surface area contributed by atoms with Gasteiger partial charge >= 0.3 is 12.1 Å². The number of carbonyl (C=O) groups is 2. The zero-order valence-corrected chi connectivity index (χ0v) is 12.9. The second-order valence-electron chi connectivity index (χ2n) is 6.18. The van der Waals surface area contributed by atoms with E-state index >= 15 is 0 Å². The predicted octanol–water partition coefficient (Wildman–Crippen LogP) is 1.99. The lowest BCUT2D eigenvalue weighted by molar-refractivity contribution is -0.143. The summed E-state index contributed by atoms with van der Waals surface area (Å²) >= 11 is 0. The molecule has 0 aliphatic carbocycles. The molecule has 2 fully saturated rings. The van der Waals surface area contributed by atoms with E-state index < -0.39 is 18.0 Å². The topological polar surface area (TPSA) is 76.1 Å². The molecule has 0 bridgehead atoms. The summed E-state index contributed by atoms with van der Waals surface area (Å²) in [5.41, 5.74) is 0.913. The minimum atomic E-state index is -0.847. The van der Waals surface area contributed by atoms with Crippen LogP contribution >= 0.6 is 0 Å². The summed E-state index contributed by atoms with van der Waals surface area (Å²) < 4.78 is 10.7. The van der Waals surface area contributed by atoms with Gasteiger partial charge in [0.15, 0.2) is 0 Å². The van der Waals surface area contributed by atoms with Crippen molar-refractivity contribution in [1.82, 2.24) is 4.90 Å². The standard InChI is InChI=1S/C17H21NO5/c19-16(20)15-9-18(8-14(15)13-6-7-22-11-13)17(21)23-10-12-4-2-1-3-5-12/h1-5,13-15H,6-11H2,(H,19,20)/t13?,14-,15+/m0/s1. The van der Waals surface area contributed by atoms with Gasteiger partial charge < -0.3 is 19.5 Å². The van der Waals surface area contributed by atoms with Gasteiger partial charge in [-0.05, 0) is 23.8 Å². The summed E-state index contributed by atoms with van der Waals surface area (Å²) in [6, 6.07) is 9.44. The first-order chi connectivity index (χ1) is 11.1. The van der Waals surface area contributed by atoms with Crippen LogP contribution in [-0.4, -0.2) is 48.4 Å². The van der Waals surface area contributed by atoms with E-state index in [4.69, 9.17) is 9.47 Å². The van der Waals surface area contributed by atoms with E-state index in [1.165, 1.54) is 4.90 Å². The molecule has 23 heavy (non-hydrogen) atoms. The molecular weight excluding hydrogens is 298 g/mol. The van der Waals surface area contributed by atoms with Crippen LogP contribution in [0.5, 0.6) is 0 Å². The largest absolute Gasteiger partial charge is 0.481 e. The van der Waals surface area contributed by atoms with Crippen LogP contribution in [0.1, 0.15) is 12.0 Å². The highest BCUT2D eigenvalue weighted by Crippen LogP contribution is 2.34. The molecule has 2 aliphatic heterocycles. The van der Waals surface area contributed by atoms with Gasteiger partial charge in [0.25, 0.3) is 0 Å².